The Balaban J connectivity index is 2.18. The van der Waals surface area contributed by atoms with Crippen LogP contribution in [0.2, 0.25) is 0 Å². The first-order valence-corrected chi connectivity index (χ1v) is 6.01. The molecule has 0 spiro atoms. The van der Waals surface area contributed by atoms with E-state index in [4.69, 9.17) is 5.73 Å². The first kappa shape index (κ1) is 13.7. The molecule has 5 heteroatoms. The molecule has 0 aliphatic heterocycles. The van der Waals surface area contributed by atoms with Crippen LogP contribution in [-0.2, 0) is 18.3 Å². The molecule has 1 amide bonds. The van der Waals surface area contributed by atoms with Crippen molar-refractivity contribution >= 4 is 5.91 Å². The van der Waals surface area contributed by atoms with Gasteiger partial charge in [0.1, 0.15) is 0 Å². The summed E-state index contributed by atoms with van der Waals surface area (Å²) < 4.78 is 1.78. The second-order valence-corrected chi connectivity index (χ2v) is 4.69. The van der Waals surface area contributed by atoms with Gasteiger partial charge in [-0.3, -0.25) is 9.48 Å². The van der Waals surface area contributed by atoms with Gasteiger partial charge >= 0.3 is 0 Å². The Morgan fingerprint density at radius 1 is 1.59 bits per heavy atom. The molecule has 1 rings (SSSR count). The smallest absolute Gasteiger partial charge is 0.237 e. The van der Waals surface area contributed by atoms with Gasteiger partial charge < -0.3 is 11.1 Å². The first-order valence-electron chi connectivity index (χ1n) is 6.01. The largest absolute Gasteiger partial charge is 0.355 e. The van der Waals surface area contributed by atoms with Crippen LogP contribution in [0, 0.1) is 5.92 Å². The van der Waals surface area contributed by atoms with E-state index in [2.05, 4.69) is 10.4 Å². The van der Waals surface area contributed by atoms with E-state index in [9.17, 15) is 4.79 Å². The van der Waals surface area contributed by atoms with E-state index >= 15 is 0 Å². The van der Waals surface area contributed by atoms with Crippen molar-refractivity contribution in [2.24, 2.45) is 18.7 Å². The lowest BCUT2D eigenvalue weighted by molar-refractivity contribution is -0.123. The van der Waals surface area contributed by atoms with Gasteiger partial charge in [-0.05, 0) is 24.3 Å². The van der Waals surface area contributed by atoms with Crippen LogP contribution < -0.4 is 11.1 Å². The molecule has 0 saturated carbocycles. The van der Waals surface area contributed by atoms with Gasteiger partial charge in [0.2, 0.25) is 5.91 Å². The van der Waals surface area contributed by atoms with E-state index in [1.165, 1.54) is 5.56 Å². The summed E-state index contributed by atoms with van der Waals surface area (Å²) in [4.78, 5) is 11.5. The van der Waals surface area contributed by atoms with Gasteiger partial charge in [-0.2, -0.15) is 5.10 Å². The highest BCUT2D eigenvalue weighted by Crippen LogP contribution is 2.01. The number of amides is 1. The fraction of sp³-hybridized carbons (Fsp3) is 0.667. The number of nitrogens with two attached hydrogens (primary N) is 1. The van der Waals surface area contributed by atoms with Crippen molar-refractivity contribution in [1.29, 1.82) is 0 Å². The van der Waals surface area contributed by atoms with Crippen LogP contribution in [-0.4, -0.2) is 28.3 Å². The lowest BCUT2D eigenvalue weighted by Gasteiger charge is -2.14. The topological polar surface area (TPSA) is 72.9 Å². The second kappa shape index (κ2) is 6.39. The van der Waals surface area contributed by atoms with Crippen LogP contribution in [0.25, 0.3) is 0 Å². The maximum absolute atomic E-state index is 11.5. The van der Waals surface area contributed by atoms with E-state index < -0.39 is 6.04 Å². The van der Waals surface area contributed by atoms with E-state index in [0.29, 0.717) is 6.54 Å². The first-order chi connectivity index (χ1) is 8.00. The lowest BCUT2D eigenvalue weighted by Crippen LogP contribution is -2.44. The SMILES string of the molecule is CC(C)[C@H](N)C(=O)NCCCc1cnn(C)c1. The Labute approximate surface area is 102 Å². The van der Waals surface area contributed by atoms with Gasteiger partial charge in [-0.15, -0.1) is 0 Å². The number of nitrogens with zero attached hydrogens (tertiary/aromatic N) is 2. The molecule has 0 bridgehead atoms. The summed E-state index contributed by atoms with van der Waals surface area (Å²) >= 11 is 0. The van der Waals surface area contributed by atoms with Gasteiger partial charge in [-0.25, -0.2) is 0 Å². The minimum absolute atomic E-state index is 0.0637. The molecule has 0 aliphatic carbocycles. The molecular formula is C12H22N4O. The summed E-state index contributed by atoms with van der Waals surface area (Å²) in [5, 5.41) is 6.94. The Hall–Kier alpha value is -1.36. The van der Waals surface area contributed by atoms with E-state index in [1.807, 2.05) is 33.3 Å². The van der Waals surface area contributed by atoms with E-state index in [-0.39, 0.29) is 11.8 Å². The third-order valence-electron chi connectivity index (χ3n) is 2.72. The Bertz CT molecular complexity index is 359. The van der Waals surface area contributed by atoms with Crippen LogP contribution in [0.4, 0.5) is 0 Å². The van der Waals surface area contributed by atoms with Crippen molar-refractivity contribution in [3.63, 3.8) is 0 Å². The van der Waals surface area contributed by atoms with Crippen LogP contribution in [0.1, 0.15) is 25.8 Å². The number of hydrogen-bond acceptors (Lipinski definition) is 3. The molecule has 0 aliphatic rings. The zero-order valence-electron chi connectivity index (χ0n) is 10.8. The van der Waals surface area contributed by atoms with Gasteiger partial charge in [0.05, 0.1) is 12.2 Å². The summed E-state index contributed by atoms with van der Waals surface area (Å²) in [7, 11) is 1.90. The maximum atomic E-state index is 11.5. The van der Waals surface area contributed by atoms with E-state index in [1.54, 1.807) is 4.68 Å². The summed E-state index contributed by atoms with van der Waals surface area (Å²) in [6.45, 7) is 4.55. The van der Waals surface area contributed by atoms with Crippen LogP contribution in [0.15, 0.2) is 12.4 Å². The molecule has 1 aromatic heterocycles. The number of aromatic nitrogens is 2. The molecule has 1 atom stereocenters. The monoisotopic (exact) mass is 238 g/mol. The van der Waals surface area contributed by atoms with Crippen LogP contribution in [0.3, 0.4) is 0 Å². The molecule has 1 aromatic rings. The number of rotatable bonds is 6. The van der Waals surface area contributed by atoms with Crippen molar-refractivity contribution < 1.29 is 4.79 Å². The number of aryl methyl sites for hydroxylation is 2. The number of nitrogens with one attached hydrogen (secondary N) is 1. The average molecular weight is 238 g/mol. The molecular weight excluding hydrogens is 216 g/mol. The van der Waals surface area contributed by atoms with Crippen molar-refractivity contribution in [3.05, 3.63) is 18.0 Å². The number of carbonyl (C=O) groups excluding carboxylic acids is 1. The lowest BCUT2D eigenvalue weighted by atomic mass is 10.1. The van der Waals surface area contributed by atoms with Crippen molar-refractivity contribution in [1.82, 2.24) is 15.1 Å². The van der Waals surface area contributed by atoms with Gasteiger partial charge in [-0.1, -0.05) is 13.8 Å². The third kappa shape index (κ3) is 4.56. The number of carbonyl (C=O) groups is 1. The molecule has 1 heterocycles. The summed E-state index contributed by atoms with van der Waals surface area (Å²) in [6, 6.07) is -0.409. The highest BCUT2D eigenvalue weighted by atomic mass is 16.2. The quantitative estimate of drug-likeness (QED) is 0.707. The van der Waals surface area contributed by atoms with Crippen LogP contribution in [0.5, 0.6) is 0 Å². The minimum atomic E-state index is -0.409. The van der Waals surface area contributed by atoms with Crippen molar-refractivity contribution in [2.75, 3.05) is 6.54 Å². The fourth-order valence-electron chi connectivity index (χ4n) is 1.53. The average Bonchev–Trinajstić information content (AvgIpc) is 2.69. The standard InChI is InChI=1S/C12H22N4O/c1-9(2)11(13)12(17)14-6-4-5-10-7-15-16(3)8-10/h7-9,11H,4-6,13H2,1-3H3,(H,14,17)/t11-/m0/s1. The molecule has 0 unspecified atom stereocenters. The predicted octanol–water partition coefficient (Wildman–Crippen LogP) is 0.452. The third-order valence-corrected chi connectivity index (χ3v) is 2.72. The maximum Gasteiger partial charge on any atom is 0.237 e. The van der Waals surface area contributed by atoms with Gasteiger partial charge in [0, 0.05) is 19.8 Å². The van der Waals surface area contributed by atoms with Crippen molar-refractivity contribution in [3.8, 4) is 0 Å². The zero-order chi connectivity index (χ0) is 12.8. The van der Waals surface area contributed by atoms with Crippen LogP contribution >= 0.6 is 0 Å². The molecule has 5 nitrogen and oxygen atoms in total. The highest BCUT2D eigenvalue weighted by molar-refractivity contribution is 5.81. The summed E-state index contributed by atoms with van der Waals surface area (Å²) in [5.74, 6) is 0.111. The summed E-state index contributed by atoms with van der Waals surface area (Å²) in [5.41, 5.74) is 6.92. The Morgan fingerprint density at radius 2 is 2.29 bits per heavy atom. The molecule has 0 fully saturated rings. The molecule has 17 heavy (non-hydrogen) atoms. The molecule has 0 aromatic carbocycles. The second-order valence-electron chi connectivity index (χ2n) is 4.69. The normalized spacial score (nSPS) is 12.8. The summed E-state index contributed by atoms with van der Waals surface area (Å²) in [6.07, 6.45) is 5.66. The molecule has 3 N–H and O–H groups in total. The fourth-order valence-corrected chi connectivity index (χ4v) is 1.53. The highest BCUT2D eigenvalue weighted by Gasteiger charge is 2.15. The minimum Gasteiger partial charge on any atom is -0.355 e. The van der Waals surface area contributed by atoms with Gasteiger partial charge in [0.25, 0.3) is 0 Å². The molecule has 0 saturated heterocycles. The molecule has 96 valence electrons. The number of hydrogen-bond donors (Lipinski definition) is 2. The zero-order valence-corrected chi connectivity index (χ0v) is 10.8. The Kier molecular flexibility index (Phi) is 5.15. The van der Waals surface area contributed by atoms with Crippen molar-refractivity contribution in [2.45, 2.75) is 32.7 Å². The predicted molar refractivity (Wildman–Crippen MR) is 67.4 cm³/mol. The van der Waals surface area contributed by atoms with E-state index in [0.717, 1.165) is 12.8 Å². The Morgan fingerprint density at radius 3 is 2.82 bits per heavy atom. The van der Waals surface area contributed by atoms with Gasteiger partial charge in [0.15, 0.2) is 0 Å². The molecule has 0 radical (unpaired) electrons.